The molecule has 3 heterocycles. The van der Waals surface area contributed by atoms with Gasteiger partial charge in [-0.3, -0.25) is 9.69 Å². The molecule has 6 rings (SSSR count). The van der Waals surface area contributed by atoms with Crippen LogP contribution in [0.1, 0.15) is 40.2 Å². The van der Waals surface area contributed by atoms with Crippen molar-refractivity contribution in [1.82, 2.24) is 14.6 Å². The van der Waals surface area contributed by atoms with Crippen LogP contribution in [0.4, 0.5) is 0 Å². The number of nitrogens with zero attached hydrogens (tertiary/aromatic N) is 3. The molecule has 7 nitrogen and oxygen atoms in total. The van der Waals surface area contributed by atoms with Gasteiger partial charge < -0.3 is 19.6 Å². The van der Waals surface area contributed by atoms with Crippen LogP contribution in [-0.4, -0.2) is 46.8 Å². The van der Waals surface area contributed by atoms with Crippen LogP contribution in [0.5, 0.6) is 0 Å². The number of amides is 1. The number of hydrogen-bond acceptors (Lipinski definition) is 5. The van der Waals surface area contributed by atoms with Crippen molar-refractivity contribution in [3.05, 3.63) is 52.9 Å². The highest BCUT2D eigenvalue weighted by Crippen LogP contribution is 2.40. The van der Waals surface area contributed by atoms with E-state index >= 15 is 0 Å². The second-order valence-corrected chi connectivity index (χ2v) is 9.78. The van der Waals surface area contributed by atoms with Crippen LogP contribution in [0.25, 0.3) is 32.9 Å². The number of carbonyl (C=O) groups is 1. The second kappa shape index (κ2) is 8.25. The molecule has 0 radical (unpaired) electrons. The van der Waals surface area contributed by atoms with E-state index < -0.39 is 5.91 Å². The summed E-state index contributed by atoms with van der Waals surface area (Å²) < 4.78 is 13.3. The van der Waals surface area contributed by atoms with Crippen molar-refractivity contribution in [3.63, 3.8) is 0 Å². The van der Waals surface area contributed by atoms with Crippen molar-refractivity contribution in [2.75, 3.05) is 26.3 Å². The number of aromatic nitrogens is 2. The lowest BCUT2D eigenvalue weighted by Crippen LogP contribution is -2.35. The summed E-state index contributed by atoms with van der Waals surface area (Å²) in [7, 11) is 0. The molecule has 1 aliphatic heterocycles. The van der Waals surface area contributed by atoms with Crippen LogP contribution in [0.15, 0.2) is 34.9 Å². The summed E-state index contributed by atoms with van der Waals surface area (Å²) in [4.78, 5) is 15.2. The molecule has 1 aliphatic carbocycles. The Morgan fingerprint density at radius 3 is 2.59 bits per heavy atom. The van der Waals surface area contributed by atoms with Crippen molar-refractivity contribution in [2.45, 2.75) is 39.8 Å². The Kier molecular flexibility index (Phi) is 5.19. The Labute approximate surface area is 198 Å². The molecule has 0 bridgehead atoms. The van der Waals surface area contributed by atoms with E-state index in [1.54, 1.807) is 0 Å². The number of ether oxygens (including phenoxy) is 1. The van der Waals surface area contributed by atoms with Gasteiger partial charge >= 0.3 is 0 Å². The molecule has 0 atom stereocenters. The van der Waals surface area contributed by atoms with E-state index in [4.69, 9.17) is 15.0 Å². The largest absolute Gasteiger partial charge is 0.379 e. The van der Waals surface area contributed by atoms with E-state index in [2.05, 4.69) is 38.9 Å². The molecule has 4 aromatic rings. The SMILES string of the molecule is Cc1noc(C)c1-c1cc(C(N)=O)c2c(c1)c1ccc(CN3CCOCC3)cc1n2CC1CC1. The van der Waals surface area contributed by atoms with Crippen LogP contribution in [-0.2, 0) is 17.8 Å². The van der Waals surface area contributed by atoms with Gasteiger partial charge in [-0.1, -0.05) is 17.3 Å². The lowest BCUT2D eigenvalue weighted by atomic mass is 9.97. The third-order valence-corrected chi connectivity index (χ3v) is 7.26. The molecule has 34 heavy (non-hydrogen) atoms. The minimum Gasteiger partial charge on any atom is -0.379 e. The summed E-state index contributed by atoms with van der Waals surface area (Å²) in [5.41, 5.74) is 12.6. The molecule has 1 amide bonds. The molecule has 2 fully saturated rings. The van der Waals surface area contributed by atoms with E-state index in [0.717, 1.165) is 78.3 Å². The first-order chi connectivity index (χ1) is 16.5. The number of aryl methyl sites for hydroxylation is 2. The number of benzene rings is 2. The van der Waals surface area contributed by atoms with Gasteiger partial charge in [0.15, 0.2) is 0 Å². The summed E-state index contributed by atoms with van der Waals surface area (Å²) in [6.45, 7) is 9.12. The van der Waals surface area contributed by atoms with Gasteiger partial charge in [-0.2, -0.15) is 0 Å². The number of nitrogens with two attached hydrogens (primary N) is 1. The first-order valence-electron chi connectivity index (χ1n) is 12.1. The number of primary amides is 1. The predicted molar refractivity (Wildman–Crippen MR) is 132 cm³/mol. The van der Waals surface area contributed by atoms with Gasteiger partial charge in [-0.25, -0.2) is 0 Å². The zero-order chi connectivity index (χ0) is 23.4. The molecule has 1 saturated heterocycles. The van der Waals surface area contributed by atoms with Gasteiger partial charge in [0.1, 0.15) is 5.76 Å². The molecule has 2 aromatic heterocycles. The van der Waals surface area contributed by atoms with E-state index in [9.17, 15) is 4.79 Å². The molecular weight excluding hydrogens is 428 g/mol. The number of morpholine rings is 1. The summed E-state index contributed by atoms with van der Waals surface area (Å²) in [6, 6.07) is 10.8. The molecule has 2 aliphatic rings. The van der Waals surface area contributed by atoms with Crippen molar-refractivity contribution >= 4 is 27.7 Å². The Balaban J connectivity index is 1.57. The summed E-state index contributed by atoms with van der Waals surface area (Å²) in [5, 5.41) is 6.33. The van der Waals surface area contributed by atoms with Gasteiger partial charge in [-0.05, 0) is 61.9 Å². The lowest BCUT2D eigenvalue weighted by Gasteiger charge is -2.26. The molecule has 0 spiro atoms. The van der Waals surface area contributed by atoms with E-state index in [1.165, 1.54) is 23.9 Å². The fraction of sp³-hybridized carbons (Fsp3) is 0.407. The van der Waals surface area contributed by atoms with Crippen LogP contribution in [0.2, 0.25) is 0 Å². The van der Waals surface area contributed by atoms with Crippen molar-refractivity contribution < 1.29 is 14.1 Å². The smallest absolute Gasteiger partial charge is 0.250 e. The average Bonchev–Trinajstić information content (AvgIpc) is 3.52. The van der Waals surface area contributed by atoms with E-state index in [-0.39, 0.29) is 0 Å². The summed E-state index contributed by atoms with van der Waals surface area (Å²) in [6.07, 6.45) is 2.47. The summed E-state index contributed by atoms with van der Waals surface area (Å²) in [5.74, 6) is 0.985. The molecule has 2 N–H and O–H groups in total. The third-order valence-electron chi connectivity index (χ3n) is 7.26. The van der Waals surface area contributed by atoms with Crippen molar-refractivity contribution in [3.8, 4) is 11.1 Å². The van der Waals surface area contributed by atoms with Gasteiger partial charge in [-0.15, -0.1) is 0 Å². The Bertz CT molecular complexity index is 1390. The normalized spacial score (nSPS) is 17.1. The van der Waals surface area contributed by atoms with Crippen LogP contribution in [0.3, 0.4) is 0 Å². The van der Waals surface area contributed by atoms with Crippen LogP contribution in [0, 0.1) is 19.8 Å². The highest BCUT2D eigenvalue weighted by molar-refractivity contribution is 6.17. The lowest BCUT2D eigenvalue weighted by molar-refractivity contribution is 0.0342. The number of carbonyl (C=O) groups excluding carboxylic acids is 1. The summed E-state index contributed by atoms with van der Waals surface area (Å²) >= 11 is 0. The van der Waals surface area contributed by atoms with E-state index in [0.29, 0.717) is 11.5 Å². The van der Waals surface area contributed by atoms with Gasteiger partial charge in [0, 0.05) is 48.0 Å². The van der Waals surface area contributed by atoms with Crippen LogP contribution >= 0.6 is 0 Å². The molecular formula is C27H30N4O3. The van der Waals surface area contributed by atoms with Crippen molar-refractivity contribution in [2.24, 2.45) is 11.7 Å². The third kappa shape index (κ3) is 3.69. The quantitative estimate of drug-likeness (QED) is 0.463. The maximum atomic E-state index is 12.7. The van der Waals surface area contributed by atoms with E-state index in [1.807, 2.05) is 19.9 Å². The van der Waals surface area contributed by atoms with Gasteiger partial charge in [0.05, 0.1) is 30.0 Å². The number of fused-ring (bicyclic) bond motifs is 3. The molecule has 2 aromatic carbocycles. The highest BCUT2D eigenvalue weighted by Gasteiger charge is 2.27. The molecule has 176 valence electrons. The minimum absolute atomic E-state index is 0.410. The topological polar surface area (TPSA) is 86.5 Å². The molecule has 7 heteroatoms. The molecule has 1 saturated carbocycles. The first kappa shape index (κ1) is 21.4. The van der Waals surface area contributed by atoms with Gasteiger partial charge in [0.25, 0.3) is 5.91 Å². The van der Waals surface area contributed by atoms with Crippen molar-refractivity contribution in [1.29, 1.82) is 0 Å². The minimum atomic E-state index is -0.410. The highest BCUT2D eigenvalue weighted by atomic mass is 16.5. The Morgan fingerprint density at radius 1 is 1.12 bits per heavy atom. The number of rotatable bonds is 6. The second-order valence-electron chi connectivity index (χ2n) is 9.78. The van der Waals surface area contributed by atoms with Crippen LogP contribution < -0.4 is 5.73 Å². The predicted octanol–water partition coefficient (Wildman–Crippen LogP) is 4.41. The Hall–Kier alpha value is -3.16. The van der Waals surface area contributed by atoms with Gasteiger partial charge in [0.2, 0.25) is 0 Å². The maximum Gasteiger partial charge on any atom is 0.250 e. The fourth-order valence-electron chi connectivity index (χ4n) is 5.37. The standard InChI is InChI=1S/C27H30N4O3/c1-16-25(17(2)34-29-16)20-12-22-21-6-5-19(14-30-7-9-33-10-8-30)11-24(21)31(15-18-3-4-18)26(22)23(13-20)27(28)32/h5-6,11-13,18H,3-4,7-10,14-15H2,1-2H3,(H2,28,32). The monoisotopic (exact) mass is 458 g/mol. The fourth-order valence-corrected chi connectivity index (χ4v) is 5.37. The maximum absolute atomic E-state index is 12.7. The zero-order valence-electron chi connectivity index (χ0n) is 19.8. The Morgan fingerprint density at radius 2 is 1.91 bits per heavy atom. The zero-order valence-corrected chi connectivity index (χ0v) is 19.8. The first-order valence-corrected chi connectivity index (χ1v) is 12.1. The number of hydrogen-bond donors (Lipinski definition) is 1. The average molecular weight is 459 g/mol. The molecule has 0 unspecified atom stereocenters.